The molecule has 0 amide bonds. The molecule has 0 bridgehead atoms. The number of hydrogen-bond donors (Lipinski definition) is 0. The van der Waals surface area contributed by atoms with Gasteiger partial charge in [0.25, 0.3) is 0 Å². The molecule has 3 heteroatoms. The van der Waals surface area contributed by atoms with Gasteiger partial charge >= 0.3 is 0 Å². The summed E-state index contributed by atoms with van der Waals surface area (Å²) < 4.78 is 1.99. The maximum atomic E-state index is 10.2. The number of imidazole rings is 1. The van der Waals surface area contributed by atoms with E-state index in [4.69, 9.17) is 0 Å². The fourth-order valence-corrected chi connectivity index (χ4v) is 1.48. The molecule has 0 saturated carbocycles. The van der Waals surface area contributed by atoms with Crippen molar-refractivity contribution in [3.05, 3.63) is 60.2 Å². The van der Waals surface area contributed by atoms with Crippen LogP contribution in [0.25, 0.3) is 6.08 Å². The van der Waals surface area contributed by atoms with Crippen LogP contribution in [0.5, 0.6) is 0 Å². The Hall–Kier alpha value is -2.16. The molecule has 3 nitrogen and oxygen atoms in total. The smallest absolute Gasteiger partial charge is 0.142 e. The van der Waals surface area contributed by atoms with Crippen LogP contribution in [-0.4, -0.2) is 15.8 Å². The molecule has 0 spiro atoms. The molecule has 1 aromatic carbocycles. The zero-order chi connectivity index (χ0) is 11.2. The van der Waals surface area contributed by atoms with Crippen LogP contribution in [-0.2, 0) is 11.3 Å². The number of carbonyl (C=O) groups is 1. The number of allylic oxidation sites excluding steroid dienone is 1. The molecule has 0 saturated heterocycles. The van der Waals surface area contributed by atoms with E-state index in [0.29, 0.717) is 0 Å². The summed E-state index contributed by atoms with van der Waals surface area (Å²) in [5.41, 5.74) is 2.02. The average Bonchev–Trinajstić information content (AvgIpc) is 2.75. The third kappa shape index (κ3) is 2.67. The molecule has 1 aromatic heterocycles. The summed E-state index contributed by atoms with van der Waals surface area (Å²) in [5, 5.41) is 0. The van der Waals surface area contributed by atoms with Crippen molar-refractivity contribution in [1.29, 1.82) is 0 Å². The zero-order valence-corrected chi connectivity index (χ0v) is 8.78. The Morgan fingerprint density at radius 2 is 2.06 bits per heavy atom. The predicted octanol–water partition coefficient (Wildman–Crippen LogP) is 2.14. The van der Waals surface area contributed by atoms with Gasteiger partial charge in [-0.15, -0.1) is 0 Å². The molecule has 2 rings (SSSR count). The van der Waals surface area contributed by atoms with Gasteiger partial charge in [0.2, 0.25) is 0 Å². The molecule has 1 heterocycles. The normalized spacial score (nSPS) is 10.8. The van der Waals surface area contributed by atoms with Crippen LogP contribution < -0.4 is 0 Å². The van der Waals surface area contributed by atoms with Crippen molar-refractivity contribution in [2.75, 3.05) is 0 Å². The lowest BCUT2D eigenvalue weighted by molar-refractivity contribution is -0.104. The number of carbonyl (C=O) groups excluding carboxylic acids is 1. The van der Waals surface area contributed by atoms with E-state index < -0.39 is 0 Å². The molecular weight excluding hydrogens is 200 g/mol. The highest BCUT2D eigenvalue weighted by molar-refractivity contribution is 5.72. The summed E-state index contributed by atoms with van der Waals surface area (Å²) >= 11 is 0. The minimum Gasteiger partial charge on any atom is -0.332 e. The quantitative estimate of drug-likeness (QED) is 0.575. The van der Waals surface area contributed by atoms with Crippen LogP contribution in [0.2, 0.25) is 0 Å². The van der Waals surface area contributed by atoms with Gasteiger partial charge in [-0.1, -0.05) is 30.3 Å². The molecule has 0 N–H and O–H groups in total. The van der Waals surface area contributed by atoms with E-state index in [1.54, 1.807) is 12.4 Å². The maximum Gasteiger partial charge on any atom is 0.142 e. The number of benzene rings is 1. The Kier molecular flexibility index (Phi) is 3.28. The Morgan fingerprint density at radius 1 is 1.25 bits per heavy atom. The van der Waals surface area contributed by atoms with Gasteiger partial charge in [-0.2, -0.15) is 0 Å². The topological polar surface area (TPSA) is 34.9 Å². The largest absolute Gasteiger partial charge is 0.332 e. The molecule has 0 atom stereocenters. The molecule has 0 aliphatic carbocycles. The van der Waals surface area contributed by atoms with E-state index in [9.17, 15) is 4.79 Å². The minimum atomic E-state index is 0.746. The molecular formula is C13H12N2O. The van der Waals surface area contributed by atoms with Crippen molar-refractivity contribution in [2.45, 2.75) is 6.54 Å². The van der Waals surface area contributed by atoms with Gasteiger partial charge in [-0.25, -0.2) is 4.98 Å². The Morgan fingerprint density at radius 3 is 2.81 bits per heavy atom. The Balaban J connectivity index is 2.08. The number of aldehydes is 1. The van der Waals surface area contributed by atoms with Crippen LogP contribution in [0.15, 0.2) is 48.9 Å². The van der Waals surface area contributed by atoms with Crippen LogP contribution in [0.4, 0.5) is 0 Å². The molecule has 0 radical (unpaired) electrons. The van der Waals surface area contributed by atoms with Crippen LogP contribution in [0.3, 0.4) is 0 Å². The molecule has 16 heavy (non-hydrogen) atoms. The summed E-state index contributed by atoms with van der Waals surface area (Å²) in [6, 6.07) is 10.2. The number of nitrogens with zero attached hydrogens (tertiary/aromatic N) is 2. The second kappa shape index (κ2) is 5.07. The number of rotatable bonds is 4. The first-order valence-electron chi connectivity index (χ1n) is 5.06. The second-order valence-corrected chi connectivity index (χ2v) is 3.45. The lowest BCUT2D eigenvalue weighted by Crippen LogP contribution is -1.95. The van der Waals surface area contributed by atoms with Gasteiger partial charge in [-0.05, 0) is 17.7 Å². The monoisotopic (exact) mass is 212 g/mol. The zero-order valence-electron chi connectivity index (χ0n) is 8.78. The first kappa shape index (κ1) is 10.4. The maximum absolute atomic E-state index is 10.2. The van der Waals surface area contributed by atoms with E-state index in [1.165, 1.54) is 11.6 Å². The van der Waals surface area contributed by atoms with Crippen LogP contribution in [0.1, 0.15) is 11.3 Å². The first-order chi connectivity index (χ1) is 7.88. The Bertz CT molecular complexity index is 486. The lowest BCUT2D eigenvalue weighted by atomic mass is 10.2. The van der Waals surface area contributed by atoms with E-state index >= 15 is 0 Å². The van der Waals surface area contributed by atoms with Gasteiger partial charge in [0.05, 0.1) is 12.0 Å². The standard InChI is InChI=1S/C13H12N2O/c16-8-4-7-13-10-15(11-14-13)9-12-5-2-1-3-6-12/h1-8,10-11H,9H2/b7-4+. The van der Waals surface area contributed by atoms with E-state index in [0.717, 1.165) is 18.5 Å². The summed E-state index contributed by atoms with van der Waals surface area (Å²) in [5.74, 6) is 0. The first-order valence-corrected chi connectivity index (χ1v) is 5.06. The second-order valence-electron chi connectivity index (χ2n) is 3.45. The molecule has 0 aliphatic heterocycles. The predicted molar refractivity (Wildman–Crippen MR) is 62.9 cm³/mol. The molecule has 0 aliphatic rings. The fraction of sp³-hybridized carbons (Fsp3) is 0.0769. The minimum absolute atomic E-state index is 0.746. The van der Waals surface area contributed by atoms with E-state index in [2.05, 4.69) is 17.1 Å². The third-order valence-electron chi connectivity index (χ3n) is 2.21. The van der Waals surface area contributed by atoms with E-state index in [-0.39, 0.29) is 0 Å². The summed E-state index contributed by atoms with van der Waals surface area (Å²) in [4.78, 5) is 14.3. The van der Waals surface area contributed by atoms with Crippen LogP contribution in [0, 0.1) is 0 Å². The van der Waals surface area contributed by atoms with Gasteiger partial charge in [0.1, 0.15) is 6.29 Å². The molecule has 2 aromatic rings. The highest BCUT2D eigenvalue weighted by Crippen LogP contribution is 2.04. The van der Waals surface area contributed by atoms with Crippen molar-refractivity contribution in [1.82, 2.24) is 9.55 Å². The van der Waals surface area contributed by atoms with Crippen molar-refractivity contribution in [3.63, 3.8) is 0 Å². The molecule has 80 valence electrons. The molecule has 0 fully saturated rings. The molecule has 0 unspecified atom stereocenters. The lowest BCUT2D eigenvalue weighted by Gasteiger charge is -2.00. The van der Waals surface area contributed by atoms with Gasteiger partial charge in [0, 0.05) is 12.7 Å². The van der Waals surface area contributed by atoms with Crippen molar-refractivity contribution in [3.8, 4) is 0 Å². The van der Waals surface area contributed by atoms with E-state index in [1.807, 2.05) is 29.0 Å². The third-order valence-corrected chi connectivity index (χ3v) is 2.21. The Labute approximate surface area is 94.1 Å². The fourth-order valence-electron chi connectivity index (χ4n) is 1.48. The van der Waals surface area contributed by atoms with Crippen molar-refractivity contribution in [2.24, 2.45) is 0 Å². The number of aromatic nitrogens is 2. The van der Waals surface area contributed by atoms with Crippen molar-refractivity contribution < 1.29 is 4.79 Å². The number of hydrogen-bond acceptors (Lipinski definition) is 2. The highest BCUT2D eigenvalue weighted by Gasteiger charge is 1.96. The summed E-state index contributed by atoms with van der Waals surface area (Å²) in [6.45, 7) is 0.794. The average molecular weight is 212 g/mol. The highest BCUT2D eigenvalue weighted by atomic mass is 16.1. The SMILES string of the molecule is O=C/C=C/c1cn(Cc2ccccc2)cn1. The van der Waals surface area contributed by atoms with Gasteiger partial charge in [-0.3, -0.25) is 4.79 Å². The summed E-state index contributed by atoms with van der Waals surface area (Å²) in [6.07, 6.45) is 7.55. The van der Waals surface area contributed by atoms with Gasteiger partial charge < -0.3 is 4.57 Å². The summed E-state index contributed by atoms with van der Waals surface area (Å²) in [7, 11) is 0. The van der Waals surface area contributed by atoms with Crippen molar-refractivity contribution >= 4 is 12.4 Å². The van der Waals surface area contributed by atoms with Gasteiger partial charge in [0.15, 0.2) is 0 Å². The van der Waals surface area contributed by atoms with Crippen LogP contribution >= 0.6 is 0 Å².